The molecular formula is C24H26N4O2S2. The Kier molecular flexibility index (Phi) is 6.35. The van der Waals surface area contributed by atoms with Crippen LogP contribution >= 0.6 is 23.1 Å². The predicted molar refractivity (Wildman–Crippen MR) is 131 cm³/mol. The van der Waals surface area contributed by atoms with E-state index in [0.717, 1.165) is 10.4 Å². The van der Waals surface area contributed by atoms with E-state index in [9.17, 15) is 4.79 Å². The van der Waals surface area contributed by atoms with Crippen LogP contribution in [0.3, 0.4) is 0 Å². The van der Waals surface area contributed by atoms with Crippen molar-refractivity contribution in [2.24, 2.45) is 5.10 Å². The lowest BCUT2D eigenvalue weighted by Crippen LogP contribution is -2.21. The number of carbonyl (C=O) groups excluding carboxylic acids is 1. The van der Waals surface area contributed by atoms with Gasteiger partial charge in [-0.3, -0.25) is 0 Å². The number of benzene rings is 1. The minimum atomic E-state index is -0.370. The normalized spacial score (nSPS) is 14.2. The van der Waals surface area contributed by atoms with Gasteiger partial charge in [-0.2, -0.15) is 9.78 Å². The molecule has 0 radical (unpaired) electrons. The maximum atomic E-state index is 12.8. The number of fused-ring (bicyclic) bond motifs is 1. The molecule has 0 saturated heterocycles. The Labute approximate surface area is 196 Å². The van der Waals surface area contributed by atoms with Crippen LogP contribution in [0, 0.1) is 6.92 Å². The molecule has 0 N–H and O–H groups in total. The number of thioether (sulfide) groups is 1. The van der Waals surface area contributed by atoms with Crippen LogP contribution in [0.15, 0.2) is 52.2 Å². The molecule has 0 fully saturated rings. The molecule has 8 heteroatoms. The smallest absolute Gasteiger partial charge is 0.340 e. The van der Waals surface area contributed by atoms with Crippen molar-refractivity contribution < 1.29 is 9.53 Å². The monoisotopic (exact) mass is 466 g/mol. The fourth-order valence-electron chi connectivity index (χ4n) is 3.30. The third-order valence-corrected chi connectivity index (χ3v) is 6.91. The van der Waals surface area contributed by atoms with Crippen molar-refractivity contribution in [2.75, 3.05) is 12.4 Å². The minimum Gasteiger partial charge on any atom is -0.462 e. The van der Waals surface area contributed by atoms with E-state index in [2.05, 4.69) is 43.1 Å². The number of carbonyl (C=O) groups is 1. The molecule has 0 bridgehead atoms. The molecule has 1 aliphatic rings. The Morgan fingerprint density at radius 1 is 1.16 bits per heavy atom. The third kappa shape index (κ3) is 4.71. The van der Waals surface area contributed by atoms with Crippen molar-refractivity contribution in [1.29, 1.82) is 0 Å². The highest BCUT2D eigenvalue weighted by Crippen LogP contribution is 2.31. The average molecular weight is 467 g/mol. The Hall–Kier alpha value is -2.71. The predicted octanol–water partition coefficient (Wildman–Crippen LogP) is 5.57. The first-order chi connectivity index (χ1) is 15.3. The van der Waals surface area contributed by atoms with E-state index in [0.29, 0.717) is 34.6 Å². The van der Waals surface area contributed by atoms with Gasteiger partial charge in [0.1, 0.15) is 0 Å². The maximum Gasteiger partial charge on any atom is 0.340 e. The molecule has 0 atom stereocenters. The summed E-state index contributed by atoms with van der Waals surface area (Å²) in [5.41, 5.74) is 3.37. The number of hydrogen-bond donors (Lipinski definition) is 0. The maximum absolute atomic E-state index is 12.8. The fourth-order valence-corrected chi connectivity index (χ4v) is 4.95. The van der Waals surface area contributed by atoms with Crippen molar-refractivity contribution in [3.8, 4) is 11.4 Å². The summed E-state index contributed by atoms with van der Waals surface area (Å²) in [4.78, 5) is 14.9. The van der Waals surface area contributed by atoms with Gasteiger partial charge < -0.3 is 4.74 Å². The number of esters is 1. The van der Waals surface area contributed by atoms with Crippen LogP contribution in [0.1, 0.15) is 43.0 Å². The number of hydrogen-bond acceptors (Lipinski definition) is 7. The highest BCUT2D eigenvalue weighted by Gasteiger charge is 2.26. The van der Waals surface area contributed by atoms with Crippen molar-refractivity contribution in [2.45, 2.75) is 45.2 Å². The SMILES string of the molecule is CCOC(=O)C(=Cc1ccc(C)s1)C1=Nn2c(nnc2-c2ccc(C(C)(C)C)cc2)SC1. The van der Waals surface area contributed by atoms with Gasteiger partial charge in [-0.05, 0) is 43.0 Å². The summed E-state index contributed by atoms with van der Waals surface area (Å²) < 4.78 is 7.06. The minimum absolute atomic E-state index is 0.0729. The molecule has 4 rings (SSSR count). The van der Waals surface area contributed by atoms with Crippen LogP contribution in [-0.2, 0) is 14.9 Å². The first kappa shape index (κ1) is 22.5. The van der Waals surface area contributed by atoms with Crippen LogP contribution in [-0.4, -0.2) is 38.9 Å². The van der Waals surface area contributed by atoms with E-state index in [1.807, 2.05) is 37.3 Å². The van der Waals surface area contributed by atoms with Gasteiger partial charge in [0.15, 0.2) is 5.82 Å². The summed E-state index contributed by atoms with van der Waals surface area (Å²) in [6.45, 7) is 10.7. The van der Waals surface area contributed by atoms with E-state index in [4.69, 9.17) is 9.84 Å². The molecule has 0 unspecified atom stereocenters. The number of ether oxygens (including phenoxy) is 1. The number of rotatable bonds is 5. The molecule has 32 heavy (non-hydrogen) atoms. The van der Waals surface area contributed by atoms with Gasteiger partial charge in [0.2, 0.25) is 5.16 Å². The summed E-state index contributed by atoms with van der Waals surface area (Å²) >= 11 is 3.14. The van der Waals surface area contributed by atoms with Crippen LogP contribution in [0.2, 0.25) is 0 Å². The van der Waals surface area contributed by atoms with Gasteiger partial charge in [-0.1, -0.05) is 56.8 Å². The number of thiophene rings is 1. The Morgan fingerprint density at radius 3 is 2.53 bits per heavy atom. The fraction of sp³-hybridized carbons (Fsp3) is 0.333. The van der Waals surface area contributed by atoms with Crippen molar-refractivity contribution in [3.05, 3.63) is 57.3 Å². The van der Waals surface area contributed by atoms with Crippen molar-refractivity contribution in [1.82, 2.24) is 14.9 Å². The molecule has 0 amide bonds. The van der Waals surface area contributed by atoms with E-state index < -0.39 is 0 Å². The molecule has 1 aliphatic heterocycles. The lowest BCUT2D eigenvalue weighted by atomic mass is 9.87. The molecule has 6 nitrogen and oxygen atoms in total. The standard InChI is InChI=1S/C24H26N4O2S2/c1-6-30-22(29)19(13-18-12-7-15(2)32-18)20-14-31-23-26-25-21(28(23)27-20)16-8-10-17(11-9-16)24(3,4)5/h7-13H,6,14H2,1-5H3. The quantitative estimate of drug-likeness (QED) is 0.363. The molecule has 166 valence electrons. The van der Waals surface area contributed by atoms with Crippen LogP contribution in [0.25, 0.3) is 17.5 Å². The second-order valence-corrected chi connectivity index (χ2v) is 10.8. The molecule has 3 aromatic rings. The molecule has 1 aromatic carbocycles. The Morgan fingerprint density at radius 2 is 1.91 bits per heavy atom. The Balaban J connectivity index is 1.74. The van der Waals surface area contributed by atoms with Gasteiger partial charge in [0.25, 0.3) is 0 Å². The second-order valence-electron chi connectivity index (χ2n) is 8.51. The molecule has 2 aromatic heterocycles. The highest BCUT2D eigenvalue weighted by atomic mass is 32.2. The third-order valence-electron chi connectivity index (χ3n) is 5.03. The van der Waals surface area contributed by atoms with Crippen LogP contribution in [0.5, 0.6) is 0 Å². The van der Waals surface area contributed by atoms with Crippen LogP contribution < -0.4 is 0 Å². The first-order valence-corrected chi connectivity index (χ1v) is 12.3. The molecule has 0 spiro atoms. The summed E-state index contributed by atoms with van der Waals surface area (Å²) in [7, 11) is 0. The highest BCUT2D eigenvalue weighted by molar-refractivity contribution is 7.99. The topological polar surface area (TPSA) is 69.4 Å². The average Bonchev–Trinajstić information content (AvgIpc) is 3.37. The molecular weight excluding hydrogens is 440 g/mol. The summed E-state index contributed by atoms with van der Waals surface area (Å²) in [6.07, 6.45) is 1.86. The zero-order valence-electron chi connectivity index (χ0n) is 18.9. The van der Waals surface area contributed by atoms with E-state index >= 15 is 0 Å². The Bertz CT molecular complexity index is 1200. The second kappa shape index (κ2) is 9.03. The van der Waals surface area contributed by atoms with Crippen molar-refractivity contribution in [3.63, 3.8) is 0 Å². The summed E-state index contributed by atoms with van der Waals surface area (Å²) in [6, 6.07) is 12.4. The van der Waals surface area contributed by atoms with Gasteiger partial charge >= 0.3 is 5.97 Å². The van der Waals surface area contributed by atoms with E-state index in [1.54, 1.807) is 22.9 Å². The number of aromatic nitrogens is 3. The van der Waals surface area contributed by atoms with Crippen molar-refractivity contribution >= 4 is 40.9 Å². The molecule has 3 heterocycles. The largest absolute Gasteiger partial charge is 0.462 e. The van der Waals surface area contributed by atoms with Gasteiger partial charge in [-0.15, -0.1) is 21.5 Å². The molecule has 0 saturated carbocycles. The van der Waals surface area contributed by atoms with Gasteiger partial charge in [0.05, 0.1) is 17.9 Å². The number of aryl methyl sites for hydroxylation is 1. The molecule has 0 aliphatic carbocycles. The zero-order chi connectivity index (χ0) is 22.9. The van der Waals surface area contributed by atoms with E-state index in [-0.39, 0.29) is 11.4 Å². The lowest BCUT2D eigenvalue weighted by molar-refractivity contribution is -0.137. The lowest BCUT2D eigenvalue weighted by Gasteiger charge is -2.19. The zero-order valence-corrected chi connectivity index (χ0v) is 20.5. The van der Waals surface area contributed by atoms with Crippen LogP contribution in [0.4, 0.5) is 0 Å². The summed E-state index contributed by atoms with van der Waals surface area (Å²) in [5.74, 6) is 0.807. The summed E-state index contributed by atoms with van der Waals surface area (Å²) in [5, 5.41) is 14.2. The van der Waals surface area contributed by atoms with Gasteiger partial charge in [-0.25, -0.2) is 4.79 Å². The number of nitrogens with zero attached hydrogens (tertiary/aromatic N) is 4. The van der Waals surface area contributed by atoms with E-state index in [1.165, 1.54) is 22.2 Å². The first-order valence-electron chi connectivity index (χ1n) is 10.5. The van der Waals surface area contributed by atoms with Gasteiger partial charge in [0, 0.05) is 21.1 Å².